The van der Waals surface area contributed by atoms with Gasteiger partial charge in [-0.2, -0.15) is 5.26 Å². The van der Waals surface area contributed by atoms with E-state index in [4.69, 9.17) is 11.6 Å². The number of nitrogens with zero attached hydrogens (tertiary/aromatic N) is 2. The summed E-state index contributed by atoms with van der Waals surface area (Å²) < 4.78 is 0. The molecule has 34 heavy (non-hydrogen) atoms. The highest BCUT2D eigenvalue weighted by Gasteiger charge is 2.40. The van der Waals surface area contributed by atoms with Crippen LogP contribution in [0.2, 0.25) is 5.02 Å². The first-order valence-electron chi connectivity index (χ1n) is 10.7. The van der Waals surface area contributed by atoms with E-state index < -0.39 is 11.2 Å². The Labute approximate surface area is 208 Å². The van der Waals surface area contributed by atoms with E-state index in [2.05, 4.69) is 5.32 Å². The van der Waals surface area contributed by atoms with Crippen LogP contribution in [-0.4, -0.2) is 17.1 Å². The van der Waals surface area contributed by atoms with Crippen molar-refractivity contribution in [1.82, 2.24) is 0 Å². The fraction of sp³-hybridized carbons (Fsp3) is 0.148. The van der Waals surface area contributed by atoms with E-state index in [-0.39, 0.29) is 11.5 Å². The lowest BCUT2D eigenvalue weighted by Gasteiger charge is -2.19. The first-order chi connectivity index (χ1) is 16.4. The number of carbonyl (C=O) groups excluding carboxylic acids is 2. The zero-order valence-corrected chi connectivity index (χ0v) is 20.3. The summed E-state index contributed by atoms with van der Waals surface area (Å²) in [5, 5.41) is 13.3. The van der Waals surface area contributed by atoms with Crippen molar-refractivity contribution in [3.8, 4) is 6.07 Å². The van der Waals surface area contributed by atoms with Gasteiger partial charge in [0.05, 0.1) is 5.25 Å². The van der Waals surface area contributed by atoms with Crippen molar-refractivity contribution in [3.05, 3.63) is 105 Å². The Morgan fingerprint density at radius 3 is 2.53 bits per heavy atom. The van der Waals surface area contributed by atoms with Crippen molar-refractivity contribution < 1.29 is 9.59 Å². The van der Waals surface area contributed by atoms with Gasteiger partial charge in [0, 0.05) is 16.4 Å². The molecule has 2 amide bonds. The molecule has 1 saturated heterocycles. The quantitative estimate of drug-likeness (QED) is 0.352. The van der Waals surface area contributed by atoms with Gasteiger partial charge in [-0.25, -0.2) is 0 Å². The molecule has 4 rings (SSSR count). The van der Waals surface area contributed by atoms with Gasteiger partial charge in [0.25, 0.3) is 5.91 Å². The highest BCUT2D eigenvalue weighted by Crippen LogP contribution is 2.42. The van der Waals surface area contributed by atoms with Crippen LogP contribution in [0.3, 0.4) is 0 Å². The monoisotopic (exact) mass is 487 g/mol. The molecular weight excluding hydrogens is 466 g/mol. The molecule has 1 aliphatic heterocycles. The molecule has 1 heterocycles. The number of halogens is 1. The minimum atomic E-state index is -0.546. The number of carbonyl (C=O) groups is 2. The maximum atomic E-state index is 13.5. The van der Waals surface area contributed by atoms with Crippen LogP contribution in [-0.2, 0) is 16.0 Å². The van der Waals surface area contributed by atoms with Gasteiger partial charge < -0.3 is 5.32 Å². The number of anilines is 2. The summed E-state index contributed by atoms with van der Waals surface area (Å²) in [4.78, 5) is 28.2. The Balaban J connectivity index is 1.73. The van der Waals surface area contributed by atoms with E-state index in [1.165, 1.54) is 16.7 Å². The van der Waals surface area contributed by atoms with Crippen LogP contribution in [0.4, 0.5) is 11.4 Å². The molecule has 0 radical (unpaired) electrons. The van der Waals surface area contributed by atoms with Gasteiger partial charge in [-0.1, -0.05) is 65.8 Å². The van der Waals surface area contributed by atoms with E-state index in [9.17, 15) is 14.9 Å². The highest BCUT2D eigenvalue weighted by atomic mass is 35.5. The third-order valence-electron chi connectivity index (χ3n) is 5.68. The maximum Gasteiger partial charge on any atom is 0.269 e. The Kier molecular flexibility index (Phi) is 7.06. The van der Waals surface area contributed by atoms with Crippen LogP contribution in [0.5, 0.6) is 0 Å². The Morgan fingerprint density at radius 1 is 1.09 bits per heavy atom. The Hall–Kier alpha value is -3.53. The average molecular weight is 488 g/mol. The predicted molar refractivity (Wildman–Crippen MR) is 138 cm³/mol. The number of hydrogen-bond donors (Lipinski definition) is 1. The number of nitriles is 1. The first kappa shape index (κ1) is 23.6. The van der Waals surface area contributed by atoms with Crippen molar-refractivity contribution in [2.75, 3.05) is 10.2 Å². The molecule has 0 aromatic heterocycles. The molecule has 0 saturated carbocycles. The molecule has 3 aromatic carbocycles. The number of rotatable bonds is 5. The maximum absolute atomic E-state index is 13.5. The van der Waals surface area contributed by atoms with Crippen LogP contribution in [0.25, 0.3) is 0 Å². The highest BCUT2D eigenvalue weighted by molar-refractivity contribution is 8.05. The summed E-state index contributed by atoms with van der Waals surface area (Å²) in [6.45, 7) is 3.87. The number of benzene rings is 3. The van der Waals surface area contributed by atoms with E-state index in [1.807, 2.05) is 68.4 Å². The molecule has 1 aliphatic rings. The topological polar surface area (TPSA) is 73.2 Å². The molecule has 0 aliphatic carbocycles. The number of nitrogens with one attached hydrogen (secondary N) is 1. The lowest BCUT2D eigenvalue weighted by Crippen LogP contribution is -2.30. The number of para-hydroxylation sites is 1. The Bertz CT molecular complexity index is 1330. The van der Waals surface area contributed by atoms with Gasteiger partial charge >= 0.3 is 0 Å². The summed E-state index contributed by atoms with van der Waals surface area (Å²) in [5.74, 6) is -0.728. The van der Waals surface area contributed by atoms with Gasteiger partial charge in [-0.05, 0) is 67.3 Å². The smallest absolute Gasteiger partial charge is 0.269 e. The summed E-state index contributed by atoms with van der Waals surface area (Å²) in [6, 6.07) is 24.1. The second-order valence-electron chi connectivity index (χ2n) is 7.94. The third-order valence-corrected chi connectivity index (χ3v) is 7.18. The lowest BCUT2D eigenvalue weighted by molar-refractivity contribution is -0.117. The molecular formula is C27H22ClN3O2S. The van der Waals surface area contributed by atoms with E-state index >= 15 is 0 Å². The van der Waals surface area contributed by atoms with Gasteiger partial charge in [-0.3, -0.25) is 14.5 Å². The van der Waals surface area contributed by atoms with Gasteiger partial charge in [0.2, 0.25) is 5.91 Å². The largest absolute Gasteiger partial charge is 0.321 e. The number of amides is 2. The average Bonchev–Trinajstić information content (AvgIpc) is 3.13. The van der Waals surface area contributed by atoms with Crippen LogP contribution < -0.4 is 10.2 Å². The minimum absolute atomic E-state index is 0.100. The molecule has 1 atom stereocenters. The van der Waals surface area contributed by atoms with Gasteiger partial charge in [0.1, 0.15) is 16.7 Å². The number of thioether (sulfide) groups is 1. The molecule has 1 N–H and O–H groups in total. The second-order valence-corrected chi connectivity index (χ2v) is 9.57. The van der Waals surface area contributed by atoms with Crippen LogP contribution in [0.15, 0.2) is 83.4 Å². The van der Waals surface area contributed by atoms with Crippen molar-refractivity contribution in [3.63, 3.8) is 0 Å². The van der Waals surface area contributed by atoms with E-state index in [0.717, 1.165) is 16.7 Å². The van der Waals surface area contributed by atoms with E-state index in [1.54, 1.807) is 24.3 Å². The van der Waals surface area contributed by atoms with Crippen LogP contribution in [0.1, 0.15) is 16.7 Å². The van der Waals surface area contributed by atoms with Crippen molar-refractivity contribution >= 4 is 46.6 Å². The summed E-state index contributed by atoms with van der Waals surface area (Å²) in [5.41, 5.74) is 4.00. The van der Waals surface area contributed by atoms with Gasteiger partial charge in [0.15, 0.2) is 0 Å². The molecule has 0 spiro atoms. The lowest BCUT2D eigenvalue weighted by atomic mass is 10.1. The molecule has 1 fully saturated rings. The minimum Gasteiger partial charge on any atom is -0.321 e. The molecule has 0 bridgehead atoms. The molecule has 5 nitrogen and oxygen atoms in total. The summed E-state index contributed by atoms with van der Waals surface area (Å²) in [7, 11) is 0. The van der Waals surface area contributed by atoms with Crippen LogP contribution in [0, 0.1) is 25.2 Å². The second kappa shape index (κ2) is 10.2. The van der Waals surface area contributed by atoms with Crippen molar-refractivity contribution in [2.45, 2.75) is 25.5 Å². The van der Waals surface area contributed by atoms with Crippen molar-refractivity contribution in [1.29, 1.82) is 5.26 Å². The standard InChI is InChI=1S/C27H22ClN3O2S/c1-17-8-6-13-23(18(17)2)30-25(32)22(16-29)27-31(21-11-4-3-5-12-21)26(33)24(34-27)15-19-9-7-10-20(28)14-19/h3-14,24H,15H2,1-2H3,(H,30,32)/b27-22+/t24-/m1/s1. The first-order valence-corrected chi connectivity index (χ1v) is 12.0. The number of hydrogen-bond acceptors (Lipinski definition) is 4. The summed E-state index contributed by atoms with van der Waals surface area (Å²) >= 11 is 7.36. The fourth-order valence-corrected chi connectivity index (χ4v) is 5.27. The SMILES string of the molecule is Cc1cccc(NC(=O)/C(C#N)=C2/S[C@H](Cc3cccc(Cl)c3)C(=O)N2c2ccccc2)c1C. The molecule has 170 valence electrons. The fourth-order valence-electron chi connectivity index (χ4n) is 3.75. The zero-order valence-electron chi connectivity index (χ0n) is 18.7. The summed E-state index contributed by atoms with van der Waals surface area (Å²) in [6.07, 6.45) is 0.425. The number of aryl methyl sites for hydroxylation is 1. The van der Waals surface area contributed by atoms with Crippen LogP contribution >= 0.6 is 23.4 Å². The Morgan fingerprint density at radius 2 is 1.82 bits per heavy atom. The van der Waals surface area contributed by atoms with E-state index in [0.29, 0.717) is 27.8 Å². The van der Waals surface area contributed by atoms with Crippen molar-refractivity contribution in [2.24, 2.45) is 0 Å². The van der Waals surface area contributed by atoms with Gasteiger partial charge in [-0.15, -0.1) is 0 Å². The molecule has 3 aromatic rings. The zero-order chi connectivity index (χ0) is 24.2. The normalized spacial score (nSPS) is 16.8. The predicted octanol–water partition coefficient (Wildman–Crippen LogP) is 6.02. The molecule has 0 unspecified atom stereocenters. The third kappa shape index (κ3) is 4.86. The molecule has 7 heteroatoms.